The van der Waals surface area contributed by atoms with Crippen molar-refractivity contribution in [2.45, 2.75) is 38.6 Å². The summed E-state index contributed by atoms with van der Waals surface area (Å²) in [6.45, 7) is 4.51. The first kappa shape index (κ1) is 13.6. The molecule has 1 aliphatic rings. The third-order valence-electron chi connectivity index (χ3n) is 3.33. The Morgan fingerprint density at radius 1 is 1.42 bits per heavy atom. The molecule has 1 aliphatic heterocycles. The number of amides is 1. The second kappa shape index (κ2) is 5.41. The highest BCUT2D eigenvalue weighted by molar-refractivity contribution is 5.93. The summed E-state index contributed by atoms with van der Waals surface area (Å²) in [5, 5.41) is 15.0. The van der Waals surface area contributed by atoms with E-state index in [1.165, 1.54) is 11.1 Å². The zero-order valence-electron chi connectivity index (χ0n) is 11.4. The Balaban J connectivity index is 1.96. The van der Waals surface area contributed by atoms with Crippen molar-refractivity contribution in [3.63, 3.8) is 0 Å². The van der Waals surface area contributed by atoms with Gasteiger partial charge in [-0.05, 0) is 43.9 Å². The van der Waals surface area contributed by atoms with E-state index in [1.807, 2.05) is 26.0 Å². The fourth-order valence-electron chi connectivity index (χ4n) is 2.15. The smallest absolute Gasteiger partial charge is 0.224 e. The molecule has 1 aromatic rings. The van der Waals surface area contributed by atoms with Crippen molar-refractivity contribution < 1.29 is 4.79 Å². The normalized spacial score (nSPS) is 14.5. The predicted octanol–water partition coefficient (Wildman–Crippen LogP) is 2.01. The van der Waals surface area contributed by atoms with Gasteiger partial charge in [0.2, 0.25) is 5.91 Å². The van der Waals surface area contributed by atoms with E-state index in [-0.39, 0.29) is 5.91 Å². The van der Waals surface area contributed by atoms with Crippen molar-refractivity contribution in [1.82, 2.24) is 5.32 Å². The number of hydrogen-bond acceptors (Lipinski definition) is 3. The molecule has 0 radical (unpaired) electrons. The number of rotatable bonds is 4. The van der Waals surface area contributed by atoms with Crippen LogP contribution in [0.2, 0.25) is 0 Å². The van der Waals surface area contributed by atoms with Gasteiger partial charge in [-0.1, -0.05) is 12.1 Å². The number of nitrogens with zero attached hydrogens (tertiary/aromatic N) is 1. The Labute approximate surface area is 113 Å². The van der Waals surface area contributed by atoms with E-state index in [2.05, 4.69) is 22.8 Å². The second-order valence-corrected chi connectivity index (χ2v) is 5.45. The van der Waals surface area contributed by atoms with Crippen LogP contribution in [-0.2, 0) is 17.6 Å². The van der Waals surface area contributed by atoms with Crippen LogP contribution >= 0.6 is 0 Å². The minimum atomic E-state index is -0.484. The third-order valence-corrected chi connectivity index (χ3v) is 3.33. The van der Waals surface area contributed by atoms with Crippen LogP contribution in [0, 0.1) is 11.3 Å². The highest BCUT2D eigenvalue weighted by Crippen LogP contribution is 2.23. The molecule has 0 aromatic heterocycles. The molecule has 1 heterocycles. The summed E-state index contributed by atoms with van der Waals surface area (Å²) in [4.78, 5) is 11.3. The average molecular weight is 257 g/mol. The minimum absolute atomic E-state index is 0.0951. The summed E-state index contributed by atoms with van der Waals surface area (Å²) in [6.07, 6.45) is 2.26. The number of hydrogen-bond donors (Lipinski definition) is 2. The molecule has 0 fully saturated rings. The van der Waals surface area contributed by atoms with Gasteiger partial charge in [0.05, 0.1) is 6.07 Å². The van der Waals surface area contributed by atoms with Crippen LogP contribution < -0.4 is 10.6 Å². The van der Waals surface area contributed by atoms with E-state index in [0.29, 0.717) is 6.42 Å². The average Bonchev–Trinajstić information content (AvgIpc) is 2.39. The Morgan fingerprint density at radius 3 is 2.95 bits per heavy atom. The summed E-state index contributed by atoms with van der Waals surface area (Å²) in [5.41, 5.74) is 2.89. The molecule has 0 saturated carbocycles. The largest absolute Gasteiger partial charge is 0.326 e. The molecular formula is C15H19N3O. The van der Waals surface area contributed by atoms with Crippen LogP contribution in [-0.4, -0.2) is 18.0 Å². The van der Waals surface area contributed by atoms with Crippen LogP contribution in [0.15, 0.2) is 18.2 Å². The van der Waals surface area contributed by atoms with Crippen LogP contribution in [0.3, 0.4) is 0 Å². The van der Waals surface area contributed by atoms with Gasteiger partial charge in [-0.3, -0.25) is 10.1 Å². The zero-order chi connectivity index (χ0) is 13.9. The first-order valence-corrected chi connectivity index (χ1v) is 6.58. The lowest BCUT2D eigenvalue weighted by Gasteiger charge is -2.19. The van der Waals surface area contributed by atoms with Crippen molar-refractivity contribution in [2.75, 3.05) is 11.9 Å². The number of fused-ring (bicyclic) bond motifs is 1. The molecular weight excluding hydrogens is 238 g/mol. The minimum Gasteiger partial charge on any atom is -0.326 e. The van der Waals surface area contributed by atoms with Gasteiger partial charge in [0.1, 0.15) is 5.54 Å². The molecule has 0 spiro atoms. The lowest BCUT2D eigenvalue weighted by atomic mass is 9.99. The fraction of sp³-hybridized carbons (Fsp3) is 0.467. The summed E-state index contributed by atoms with van der Waals surface area (Å²) >= 11 is 0. The second-order valence-electron chi connectivity index (χ2n) is 5.45. The number of nitriles is 1. The summed E-state index contributed by atoms with van der Waals surface area (Å²) in [7, 11) is 0. The van der Waals surface area contributed by atoms with Crippen molar-refractivity contribution in [2.24, 2.45) is 0 Å². The first-order valence-electron chi connectivity index (χ1n) is 6.58. The van der Waals surface area contributed by atoms with E-state index in [1.54, 1.807) is 0 Å². The molecule has 2 rings (SSSR count). The number of anilines is 1. The lowest BCUT2D eigenvalue weighted by molar-refractivity contribution is -0.116. The summed E-state index contributed by atoms with van der Waals surface area (Å²) < 4.78 is 0. The SMILES string of the molecule is CC(C)(C#N)NCCc1ccc2c(c1)CCC(=O)N2. The molecule has 100 valence electrons. The van der Waals surface area contributed by atoms with Crippen LogP contribution in [0.4, 0.5) is 5.69 Å². The van der Waals surface area contributed by atoms with Crippen LogP contribution in [0.5, 0.6) is 0 Å². The fourth-order valence-corrected chi connectivity index (χ4v) is 2.15. The molecule has 4 heteroatoms. The molecule has 1 aromatic carbocycles. The molecule has 0 atom stereocenters. The van der Waals surface area contributed by atoms with E-state index in [9.17, 15) is 4.79 Å². The molecule has 19 heavy (non-hydrogen) atoms. The lowest BCUT2D eigenvalue weighted by Crippen LogP contribution is -2.38. The third kappa shape index (κ3) is 3.55. The van der Waals surface area contributed by atoms with E-state index < -0.39 is 5.54 Å². The highest BCUT2D eigenvalue weighted by atomic mass is 16.1. The van der Waals surface area contributed by atoms with Gasteiger partial charge in [-0.15, -0.1) is 0 Å². The molecule has 0 aliphatic carbocycles. The first-order chi connectivity index (χ1) is 9.00. The zero-order valence-corrected chi connectivity index (χ0v) is 11.4. The molecule has 0 saturated heterocycles. The van der Waals surface area contributed by atoms with Gasteiger partial charge in [-0.2, -0.15) is 5.26 Å². The maximum Gasteiger partial charge on any atom is 0.224 e. The Kier molecular flexibility index (Phi) is 3.87. The van der Waals surface area contributed by atoms with Crippen molar-refractivity contribution in [3.8, 4) is 6.07 Å². The molecule has 1 amide bonds. The van der Waals surface area contributed by atoms with Gasteiger partial charge in [-0.25, -0.2) is 0 Å². The van der Waals surface area contributed by atoms with Crippen molar-refractivity contribution >= 4 is 11.6 Å². The van der Waals surface area contributed by atoms with E-state index in [0.717, 1.165) is 25.1 Å². The maximum atomic E-state index is 11.3. The summed E-state index contributed by atoms with van der Waals surface area (Å²) in [6, 6.07) is 8.38. The standard InChI is InChI=1S/C15H19N3O/c1-15(2,10-16)17-8-7-11-3-5-13-12(9-11)4-6-14(19)18-13/h3,5,9,17H,4,6-8H2,1-2H3,(H,18,19). The van der Waals surface area contributed by atoms with Crippen LogP contribution in [0.1, 0.15) is 31.4 Å². The maximum absolute atomic E-state index is 11.3. The van der Waals surface area contributed by atoms with Gasteiger partial charge in [0, 0.05) is 18.7 Å². The molecule has 4 nitrogen and oxygen atoms in total. The van der Waals surface area contributed by atoms with E-state index >= 15 is 0 Å². The monoisotopic (exact) mass is 257 g/mol. The van der Waals surface area contributed by atoms with Gasteiger partial charge < -0.3 is 5.32 Å². The topological polar surface area (TPSA) is 64.9 Å². The predicted molar refractivity (Wildman–Crippen MR) is 74.8 cm³/mol. The van der Waals surface area contributed by atoms with Gasteiger partial charge in [0.15, 0.2) is 0 Å². The van der Waals surface area contributed by atoms with Crippen molar-refractivity contribution in [1.29, 1.82) is 5.26 Å². The quantitative estimate of drug-likeness (QED) is 0.867. The Bertz CT molecular complexity index is 529. The number of benzene rings is 1. The Hall–Kier alpha value is -1.86. The number of carbonyl (C=O) groups excluding carboxylic acids is 1. The van der Waals surface area contributed by atoms with Crippen molar-refractivity contribution in [3.05, 3.63) is 29.3 Å². The molecule has 0 unspecified atom stereocenters. The van der Waals surface area contributed by atoms with Gasteiger partial charge >= 0.3 is 0 Å². The number of aryl methyl sites for hydroxylation is 1. The number of carbonyl (C=O) groups is 1. The molecule has 0 bridgehead atoms. The van der Waals surface area contributed by atoms with E-state index in [4.69, 9.17) is 5.26 Å². The highest BCUT2D eigenvalue weighted by Gasteiger charge is 2.16. The summed E-state index contributed by atoms with van der Waals surface area (Å²) in [5.74, 6) is 0.0951. The molecule has 2 N–H and O–H groups in total. The Morgan fingerprint density at radius 2 is 2.21 bits per heavy atom. The van der Waals surface area contributed by atoms with Crippen LogP contribution in [0.25, 0.3) is 0 Å². The number of nitrogens with one attached hydrogen (secondary N) is 2. The van der Waals surface area contributed by atoms with Gasteiger partial charge in [0.25, 0.3) is 0 Å².